The summed E-state index contributed by atoms with van der Waals surface area (Å²) in [7, 11) is 0. The summed E-state index contributed by atoms with van der Waals surface area (Å²) >= 11 is 0. The molecule has 0 aliphatic carbocycles. The summed E-state index contributed by atoms with van der Waals surface area (Å²) in [5.74, 6) is 1.53. The second-order valence-electron chi connectivity index (χ2n) is 34.7. The van der Waals surface area contributed by atoms with Gasteiger partial charge in [-0.1, -0.05) is 448 Å². The first-order chi connectivity index (χ1) is 62.5. The third kappa shape index (κ3) is 24.4. The van der Waals surface area contributed by atoms with Crippen LogP contribution in [0.1, 0.15) is 256 Å². The van der Waals surface area contributed by atoms with Crippen molar-refractivity contribution in [3.05, 3.63) is 313 Å². The summed E-state index contributed by atoms with van der Waals surface area (Å²) in [6.07, 6.45) is 51.0. The van der Waals surface area contributed by atoms with E-state index in [1.54, 1.807) is 12.4 Å². The number of fused-ring (bicyclic) bond motifs is 3. The van der Waals surface area contributed by atoms with Gasteiger partial charge in [0, 0.05) is 33.7 Å². The number of benzene rings is 10. The highest BCUT2D eigenvalue weighted by Gasteiger charge is 2.38. The Bertz CT molecular complexity index is 5430. The van der Waals surface area contributed by atoms with Crippen LogP contribution >= 0.6 is 0 Å². The van der Waals surface area contributed by atoms with Crippen molar-refractivity contribution >= 4 is 79.7 Å². The average Bonchev–Trinajstić information content (AvgIpc) is 1.52. The predicted octanol–water partition coefficient (Wildman–Crippen LogP) is 26.9. The molecule has 0 unspecified atom stereocenters. The van der Waals surface area contributed by atoms with Gasteiger partial charge >= 0.3 is 13.7 Å². The normalized spacial score (nSPS) is 11.9. The maximum atomic E-state index is 12.9. The quantitative estimate of drug-likeness (QED) is 0.0212. The standard InChI is InChI=1S/C114H128B2N8O2/c1-4-6-8-10-12-14-16-18-20-22-24-26-28-30-32-34-36-56-82-125-99-76-70-91(71-77-99)111-108-109(114(124(111)116(97-66-52-42-53-67-97)98-68-54-43-55-69-98)110(118-3)107-88-120-105-85-94(75-81-103(105)122-107)90-60-46-39-47-61-90)112(92-72-78-100(79-73-92)126-83-57-37-35-33-31-29-27-25-23-21-19-17-15-13-11-9-7-5-2)123(115(95-62-48-40-49-63-95)96-64-50-41-51-65-96)113(108)101(86-117)106-87-119-104-84-93(74-80-102(104)121-106)89-58-44-38-45-59-89/h38-55,58-81,84-85,87-88H,4-37,56-57,82-83H2,1-2H3/b113-101-,114-110+. The minimum absolute atomic E-state index is 0.275. The first-order valence-electron chi connectivity index (χ1n) is 48.2. The van der Waals surface area contributed by atoms with Gasteiger partial charge in [0.2, 0.25) is 5.70 Å². The molecule has 14 rings (SSSR count). The highest BCUT2D eigenvalue weighted by atomic mass is 16.5. The Balaban J connectivity index is 0.909. The zero-order chi connectivity index (χ0) is 86.4. The Kier molecular flexibility index (Phi) is 35.3. The zero-order valence-corrected chi connectivity index (χ0v) is 75.0. The minimum atomic E-state index is -0.602. The molecule has 0 saturated heterocycles. The summed E-state index contributed by atoms with van der Waals surface area (Å²) in [6.45, 7) is 14.6. The van der Waals surface area contributed by atoms with E-state index < -0.39 is 13.7 Å². The van der Waals surface area contributed by atoms with E-state index in [-0.39, 0.29) is 5.70 Å². The molecule has 10 aromatic carbocycles. The molecule has 14 aromatic rings. The van der Waals surface area contributed by atoms with Crippen molar-refractivity contribution in [1.29, 1.82) is 5.26 Å². The van der Waals surface area contributed by atoms with E-state index in [4.69, 9.17) is 34.3 Å². The van der Waals surface area contributed by atoms with Gasteiger partial charge in [-0.2, -0.15) is 5.26 Å². The molecule has 4 aromatic heterocycles. The van der Waals surface area contributed by atoms with Crippen LogP contribution < -0.4 is 42.0 Å². The van der Waals surface area contributed by atoms with Crippen molar-refractivity contribution in [2.45, 2.75) is 245 Å². The Labute approximate surface area is 751 Å². The van der Waals surface area contributed by atoms with Crippen molar-refractivity contribution in [2.75, 3.05) is 13.2 Å². The van der Waals surface area contributed by atoms with Gasteiger partial charge in [0.05, 0.1) is 59.1 Å². The first kappa shape index (κ1) is 90.4. The van der Waals surface area contributed by atoms with Gasteiger partial charge in [0.1, 0.15) is 28.8 Å². The Morgan fingerprint density at radius 1 is 0.317 bits per heavy atom. The number of nitrogens with zero attached hydrogens (tertiary/aromatic N) is 8. The van der Waals surface area contributed by atoms with E-state index >= 15 is 0 Å². The molecule has 0 bridgehead atoms. The molecular formula is C114H128B2N8O2. The summed E-state index contributed by atoms with van der Waals surface area (Å²) < 4.78 is 18.3. The largest absolute Gasteiger partial charge is 0.494 e. The summed E-state index contributed by atoms with van der Waals surface area (Å²) in [5, 5.41) is 15.6. The van der Waals surface area contributed by atoms with Crippen molar-refractivity contribution in [3.8, 4) is 62.3 Å². The van der Waals surface area contributed by atoms with Gasteiger partial charge in [0.25, 0.3) is 0 Å². The fraction of sp³-hybridized carbons (Fsp3) is 0.351. The molecule has 12 heteroatoms. The minimum Gasteiger partial charge on any atom is -0.494 e. The molecule has 4 heterocycles. The molecule has 642 valence electrons. The van der Waals surface area contributed by atoms with E-state index in [1.807, 2.05) is 48.5 Å². The van der Waals surface area contributed by atoms with Crippen molar-refractivity contribution in [1.82, 2.24) is 28.9 Å². The summed E-state index contributed by atoms with van der Waals surface area (Å²) in [5.41, 5.74) is 15.3. The van der Waals surface area contributed by atoms with Gasteiger partial charge in [-0.25, -0.2) is 9.83 Å². The van der Waals surface area contributed by atoms with E-state index in [1.165, 1.54) is 205 Å². The maximum Gasteiger partial charge on any atom is 0.328 e. The molecule has 0 amide bonds. The lowest BCUT2D eigenvalue weighted by atomic mass is 9.50. The summed E-state index contributed by atoms with van der Waals surface area (Å²) in [6, 6.07) is 95.6. The first-order valence-corrected chi connectivity index (χ1v) is 48.2. The van der Waals surface area contributed by atoms with Crippen LogP contribution in [0.2, 0.25) is 0 Å². The average molecular weight is 1660 g/mol. The molecule has 0 N–H and O–H groups in total. The van der Waals surface area contributed by atoms with Gasteiger partial charge in [0.15, 0.2) is 0 Å². The van der Waals surface area contributed by atoms with Gasteiger partial charge in [-0.05, 0) is 119 Å². The number of hydrogen-bond donors (Lipinski definition) is 0. The van der Waals surface area contributed by atoms with Crippen molar-refractivity contribution in [2.24, 2.45) is 0 Å². The molecule has 10 nitrogen and oxygen atoms in total. The summed E-state index contributed by atoms with van der Waals surface area (Å²) in [4.78, 5) is 26.5. The lowest BCUT2D eigenvalue weighted by Crippen LogP contribution is -2.54. The number of hydrogen-bond acceptors (Lipinski definition) is 7. The molecule has 126 heavy (non-hydrogen) atoms. The van der Waals surface area contributed by atoms with Crippen LogP contribution in [0, 0.1) is 17.9 Å². The van der Waals surface area contributed by atoms with E-state index in [0.717, 1.165) is 115 Å². The molecule has 0 atom stereocenters. The molecule has 0 fully saturated rings. The third-order valence-corrected chi connectivity index (χ3v) is 25.4. The van der Waals surface area contributed by atoms with Crippen LogP contribution in [0.25, 0.3) is 93.7 Å². The lowest BCUT2D eigenvalue weighted by Gasteiger charge is -2.24. The fourth-order valence-electron chi connectivity index (χ4n) is 18.6. The van der Waals surface area contributed by atoms with Crippen LogP contribution in [0.3, 0.4) is 0 Å². The Hall–Kier alpha value is -11.9. The number of unbranched alkanes of at least 4 members (excludes halogenated alkanes) is 34. The topological polar surface area (TPSA) is 108 Å². The van der Waals surface area contributed by atoms with Gasteiger partial charge in [-0.3, -0.25) is 15.0 Å². The van der Waals surface area contributed by atoms with E-state index in [2.05, 4.69) is 247 Å². The molecule has 0 saturated carbocycles. The Morgan fingerprint density at radius 3 is 0.929 bits per heavy atom. The van der Waals surface area contributed by atoms with Gasteiger partial charge < -0.3 is 18.4 Å². The number of aromatic nitrogens is 6. The van der Waals surface area contributed by atoms with Crippen LogP contribution in [-0.4, -0.2) is 55.8 Å². The van der Waals surface area contributed by atoms with E-state index in [9.17, 15) is 11.8 Å². The van der Waals surface area contributed by atoms with Crippen LogP contribution in [0.4, 0.5) is 0 Å². The number of ether oxygens (including phenoxy) is 2. The second kappa shape index (κ2) is 49.2. The fourth-order valence-corrected chi connectivity index (χ4v) is 18.6. The highest BCUT2D eigenvalue weighted by Crippen LogP contribution is 2.39. The predicted molar refractivity (Wildman–Crippen MR) is 532 cm³/mol. The smallest absolute Gasteiger partial charge is 0.328 e. The lowest BCUT2D eigenvalue weighted by molar-refractivity contribution is 0.304. The van der Waals surface area contributed by atoms with Crippen LogP contribution in [0.5, 0.6) is 11.5 Å². The van der Waals surface area contributed by atoms with Crippen molar-refractivity contribution < 1.29 is 9.47 Å². The maximum absolute atomic E-state index is 12.9. The molecule has 0 aliphatic rings. The molecule has 0 aliphatic heterocycles. The second-order valence-corrected chi connectivity index (χ2v) is 34.7. The van der Waals surface area contributed by atoms with Gasteiger partial charge in [-0.15, -0.1) is 0 Å². The number of nitriles is 1. The third-order valence-electron chi connectivity index (χ3n) is 25.4. The number of rotatable bonds is 52. The SMILES string of the molecule is [C-]#[N+]/C(c1cnc2cc(-c3ccccc3)ccc2n1)=c1\c2c(-c3ccc(OCCCCCCCCCCCCCCCCCCCC)cc3)n(B(c3ccccc3)c3ccccc3)/c(=C(/C#N)c3cnc4cc(-c5ccccc5)ccc4n3)c2c(-c2ccc(OCCCCCCCCCCCCCCCCCCCC)cc2)n1B(c1ccccc1)c1ccccc1. The molecule has 0 spiro atoms. The molecule has 0 radical (unpaired) electrons. The van der Waals surface area contributed by atoms with Crippen LogP contribution in [-0.2, 0) is 0 Å². The van der Waals surface area contributed by atoms with E-state index in [0.29, 0.717) is 62.9 Å². The Morgan fingerprint density at radius 2 is 0.603 bits per heavy atom. The van der Waals surface area contributed by atoms with Crippen LogP contribution in [0.15, 0.2) is 279 Å². The monoisotopic (exact) mass is 1660 g/mol. The zero-order valence-electron chi connectivity index (χ0n) is 75.0. The van der Waals surface area contributed by atoms with Crippen molar-refractivity contribution in [3.63, 3.8) is 0 Å². The highest BCUT2D eigenvalue weighted by molar-refractivity contribution is 6.85. The molecular weight excluding hydrogens is 1530 g/mol.